The van der Waals surface area contributed by atoms with Gasteiger partial charge in [-0.1, -0.05) is 24.3 Å². The third kappa shape index (κ3) is 3.28. The fourth-order valence-electron chi connectivity index (χ4n) is 4.09. The molecule has 2 aromatic carbocycles. The number of hydrogen-bond acceptors (Lipinski definition) is 4. The number of alkyl halides is 2. The lowest BCUT2D eigenvalue weighted by Gasteiger charge is -2.46. The van der Waals surface area contributed by atoms with Gasteiger partial charge >= 0.3 is 0 Å². The average Bonchev–Trinajstić information content (AvgIpc) is 2.73. The SMILES string of the molecule is Cc1ccc2c(N=C(F)C(C)(O)C(F)(F)C3(C)CCOc4ccccc43)cccc2n1. The van der Waals surface area contributed by atoms with Crippen molar-refractivity contribution < 1.29 is 23.0 Å². The number of hydrogen-bond donors (Lipinski definition) is 1. The highest BCUT2D eigenvalue weighted by molar-refractivity contribution is 5.95. The zero-order valence-corrected chi connectivity index (χ0v) is 17.5. The molecule has 0 spiro atoms. The third-order valence-corrected chi connectivity index (χ3v) is 6.11. The molecule has 4 rings (SSSR count). The van der Waals surface area contributed by atoms with Gasteiger partial charge in [0.2, 0.25) is 5.97 Å². The van der Waals surface area contributed by atoms with Gasteiger partial charge in [0.1, 0.15) is 5.75 Å². The van der Waals surface area contributed by atoms with E-state index in [9.17, 15) is 5.11 Å². The van der Waals surface area contributed by atoms with E-state index in [-0.39, 0.29) is 24.3 Å². The molecule has 0 fully saturated rings. The van der Waals surface area contributed by atoms with Crippen molar-refractivity contribution in [3.63, 3.8) is 0 Å². The summed E-state index contributed by atoms with van der Waals surface area (Å²) < 4.78 is 52.4. The van der Waals surface area contributed by atoms with E-state index < -0.39 is 22.9 Å². The fourth-order valence-corrected chi connectivity index (χ4v) is 4.09. The number of aliphatic imine (C=N–C) groups is 1. The predicted octanol–water partition coefficient (Wildman–Crippen LogP) is 5.67. The van der Waals surface area contributed by atoms with Crippen LogP contribution in [0, 0.1) is 6.92 Å². The van der Waals surface area contributed by atoms with Crippen molar-refractivity contribution in [1.82, 2.24) is 4.98 Å². The number of benzene rings is 2. The predicted molar refractivity (Wildman–Crippen MR) is 114 cm³/mol. The second-order valence-corrected chi connectivity index (χ2v) is 8.27. The van der Waals surface area contributed by atoms with Gasteiger partial charge in [-0.2, -0.15) is 4.39 Å². The van der Waals surface area contributed by atoms with Crippen LogP contribution in [-0.4, -0.2) is 34.2 Å². The maximum atomic E-state index is 15.8. The molecule has 162 valence electrons. The smallest absolute Gasteiger partial charge is 0.293 e. The van der Waals surface area contributed by atoms with Crippen LogP contribution in [0.1, 0.15) is 31.5 Å². The summed E-state index contributed by atoms with van der Waals surface area (Å²) in [4.78, 5) is 8.13. The molecule has 1 aliphatic heterocycles. The largest absolute Gasteiger partial charge is 0.493 e. The first-order chi connectivity index (χ1) is 14.6. The highest BCUT2D eigenvalue weighted by Gasteiger charge is 2.65. The lowest BCUT2D eigenvalue weighted by molar-refractivity contribution is -0.188. The summed E-state index contributed by atoms with van der Waals surface area (Å²) in [6, 6.07) is 14.7. The van der Waals surface area contributed by atoms with Crippen LogP contribution >= 0.6 is 0 Å². The van der Waals surface area contributed by atoms with Crippen molar-refractivity contribution in [2.24, 2.45) is 4.99 Å². The number of rotatable bonds is 4. The lowest BCUT2D eigenvalue weighted by Crippen LogP contribution is -2.62. The van der Waals surface area contributed by atoms with Gasteiger partial charge in [0, 0.05) is 16.6 Å². The number of aromatic nitrogens is 1. The zero-order valence-electron chi connectivity index (χ0n) is 17.5. The minimum Gasteiger partial charge on any atom is -0.493 e. The highest BCUT2D eigenvalue weighted by Crippen LogP contribution is 2.53. The summed E-state index contributed by atoms with van der Waals surface area (Å²) in [6.07, 6.45) is -0.0854. The molecule has 0 saturated heterocycles. The Balaban J connectivity index is 1.79. The molecule has 2 heterocycles. The Morgan fingerprint density at radius 2 is 1.87 bits per heavy atom. The number of fused-ring (bicyclic) bond motifs is 2. The summed E-state index contributed by atoms with van der Waals surface area (Å²) in [5.74, 6) is -5.14. The molecule has 0 bridgehead atoms. The van der Waals surface area contributed by atoms with Crippen molar-refractivity contribution in [3.8, 4) is 5.75 Å². The summed E-state index contributed by atoms with van der Waals surface area (Å²) >= 11 is 0. The number of halogens is 3. The number of pyridine rings is 1. The van der Waals surface area contributed by atoms with Gasteiger partial charge < -0.3 is 9.84 Å². The van der Waals surface area contributed by atoms with Crippen LogP contribution in [0.25, 0.3) is 10.9 Å². The monoisotopic (exact) mass is 428 g/mol. The number of aliphatic hydroxyl groups is 1. The molecular weight excluding hydrogens is 405 g/mol. The van der Waals surface area contributed by atoms with Crippen molar-refractivity contribution in [2.45, 2.75) is 44.1 Å². The molecule has 1 aromatic heterocycles. The number of nitrogens with zero attached hydrogens (tertiary/aromatic N) is 2. The molecule has 0 radical (unpaired) electrons. The Labute approximate surface area is 178 Å². The summed E-state index contributed by atoms with van der Waals surface area (Å²) in [5.41, 5.74) is -3.33. The third-order valence-electron chi connectivity index (χ3n) is 6.11. The Morgan fingerprint density at radius 3 is 2.65 bits per heavy atom. The highest BCUT2D eigenvalue weighted by atomic mass is 19.3. The molecule has 0 aliphatic carbocycles. The van der Waals surface area contributed by atoms with E-state index in [2.05, 4.69) is 9.98 Å². The van der Waals surface area contributed by atoms with E-state index in [1.54, 1.807) is 42.5 Å². The van der Waals surface area contributed by atoms with Gasteiger partial charge in [-0.15, -0.1) is 0 Å². The van der Waals surface area contributed by atoms with E-state index >= 15 is 13.2 Å². The van der Waals surface area contributed by atoms with Gasteiger partial charge in [0.15, 0.2) is 5.60 Å². The maximum Gasteiger partial charge on any atom is 0.293 e. The first kappa shape index (κ1) is 21.3. The second-order valence-electron chi connectivity index (χ2n) is 8.27. The van der Waals surface area contributed by atoms with Gasteiger partial charge in [-0.05, 0) is 57.5 Å². The van der Waals surface area contributed by atoms with Crippen LogP contribution in [-0.2, 0) is 5.41 Å². The van der Waals surface area contributed by atoms with Crippen LogP contribution in [0.5, 0.6) is 5.75 Å². The van der Waals surface area contributed by atoms with Crippen LogP contribution in [0.3, 0.4) is 0 Å². The van der Waals surface area contributed by atoms with Crippen LogP contribution in [0.15, 0.2) is 59.6 Å². The maximum absolute atomic E-state index is 15.8. The molecule has 3 aromatic rings. The van der Waals surface area contributed by atoms with Crippen LogP contribution in [0.4, 0.5) is 18.9 Å². The molecule has 7 heteroatoms. The van der Waals surface area contributed by atoms with E-state index in [0.717, 1.165) is 12.6 Å². The zero-order chi connectivity index (χ0) is 22.4. The van der Waals surface area contributed by atoms with E-state index in [4.69, 9.17) is 4.74 Å². The van der Waals surface area contributed by atoms with E-state index in [1.165, 1.54) is 19.1 Å². The quantitative estimate of drug-likeness (QED) is 0.545. The first-order valence-electron chi connectivity index (χ1n) is 10.0. The molecule has 0 amide bonds. The van der Waals surface area contributed by atoms with Gasteiger partial charge in [0.25, 0.3) is 5.92 Å². The van der Waals surface area contributed by atoms with Crippen molar-refractivity contribution in [1.29, 1.82) is 0 Å². The van der Waals surface area contributed by atoms with Crippen LogP contribution in [0.2, 0.25) is 0 Å². The number of ether oxygens (including phenoxy) is 1. The van der Waals surface area contributed by atoms with Gasteiger partial charge in [0.05, 0.1) is 23.2 Å². The minimum atomic E-state index is -3.88. The molecule has 0 saturated carbocycles. The Bertz CT molecular complexity index is 1180. The minimum absolute atomic E-state index is 0.0340. The molecule has 1 aliphatic rings. The van der Waals surface area contributed by atoms with Crippen molar-refractivity contribution in [2.75, 3.05) is 6.61 Å². The van der Waals surface area contributed by atoms with Crippen LogP contribution < -0.4 is 4.74 Å². The lowest BCUT2D eigenvalue weighted by atomic mass is 9.67. The number of para-hydroxylation sites is 1. The fraction of sp³-hybridized carbons (Fsp3) is 0.333. The number of aryl methyl sites for hydroxylation is 1. The Morgan fingerprint density at radius 1 is 1.13 bits per heavy atom. The standard InChI is InChI=1S/C24H23F3N2O2/c1-15-11-12-16-18(28-15)8-6-9-19(16)29-21(25)23(3,30)24(26,27)22(2)13-14-31-20-10-5-4-7-17(20)22/h4-12,30H,13-14H2,1-3H3. The van der Waals surface area contributed by atoms with Crippen molar-refractivity contribution in [3.05, 3.63) is 65.9 Å². The Hall–Kier alpha value is -2.93. The summed E-state index contributed by atoms with van der Waals surface area (Å²) in [7, 11) is 0. The molecule has 2 atom stereocenters. The summed E-state index contributed by atoms with van der Waals surface area (Å²) in [5, 5.41) is 11.3. The Kier molecular flexibility index (Phi) is 5.04. The molecule has 31 heavy (non-hydrogen) atoms. The van der Waals surface area contributed by atoms with E-state index in [0.29, 0.717) is 16.7 Å². The molecule has 2 unspecified atom stereocenters. The van der Waals surface area contributed by atoms with Gasteiger partial charge in [-0.3, -0.25) is 4.98 Å². The van der Waals surface area contributed by atoms with E-state index in [1.807, 2.05) is 6.92 Å². The molecule has 4 nitrogen and oxygen atoms in total. The first-order valence-corrected chi connectivity index (χ1v) is 10.0. The second kappa shape index (κ2) is 7.34. The van der Waals surface area contributed by atoms with Gasteiger partial charge in [-0.25, -0.2) is 13.8 Å². The topological polar surface area (TPSA) is 54.7 Å². The average molecular weight is 428 g/mol. The molecular formula is C24H23F3N2O2. The summed E-state index contributed by atoms with van der Waals surface area (Å²) in [6.45, 7) is 3.93. The normalized spacial score (nSPS) is 21.3. The van der Waals surface area contributed by atoms with Crippen molar-refractivity contribution >= 4 is 22.6 Å². The molecule has 1 N–H and O–H groups in total.